The number of carbonyl (C=O) groups is 3. The van der Waals surface area contributed by atoms with Crippen LogP contribution in [0.2, 0.25) is 5.02 Å². The van der Waals surface area contributed by atoms with Crippen molar-refractivity contribution < 1.29 is 28.6 Å². The molecule has 2 amide bonds. The van der Waals surface area contributed by atoms with Gasteiger partial charge in [0, 0.05) is 16.4 Å². The molecular formula is C27H21BrClN3O6. The van der Waals surface area contributed by atoms with Crippen molar-refractivity contribution in [2.24, 2.45) is 0 Å². The largest absolute Gasteiger partial charge is 0.493 e. The van der Waals surface area contributed by atoms with E-state index in [0.717, 1.165) is 0 Å². The van der Waals surface area contributed by atoms with Crippen molar-refractivity contribution in [2.75, 3.05) is 31.5 Å². The van der Waals surface area contributed by atoms with Gasteiger partial charge in [-0.2, -0.15) is 5.26 Å². The Morgan fingerprint density at radius 1 is 1.00 bits per heavy atom. The van der Waals surface area contributed by atoms with Gasteiger partial charge in [0.2, 0.25) is 0 Å². The maximum absolute atomic E-state index is 12.7. The van der Waals surface area contributed by atoms with Gasteiger partial charge in [-0.05, 0) is 88.2 Å². The number of nitrogens with one attached hydrogen (secondary N) is 2. The van der Waals surface area contributed by atoms with E-state index in [4.69, 9.17) is 21.1 Å². The smallest absolute Gasteiger partial charge is 0.337 e. The second-order valence-electron chi connectivity index (χ2n) is 7.57. The number of anilines is 2. The summed E-state index contributed by atoms with van der Waals surface area (Å²) in [5, 5.41) is 15.4. The lowest BCUT2D eigenvalue weighted by Crippen LogP contribution is -2.20. The summed E-state index contributed by atoms with van der Waals surface area (Å²) in [6.07, 6.45) is 1.38. The molecule has 0 saturated carbocycles. The minimum absolute atomic E-state index is 0.174. The van der Waals surface area contributed by atoms with Crippen LogP contribution < -0.4 is 20.1 Å². The van der Waals surface area contributed by atoms with E-state index >= 15 is 0 Å². The third-order valence-corrected chi connectivity index (χ3v) is 5.81. The summed E-state index contributed by atoms with van der Waals surface area (Å²) in [6.45, 7) is -0.298. The Morgan fingerprint density at radius 2 is 1.63 bits per heavy atom. The first kappa shape index (κ1) is 28.2. The van der Waals surface area contributed by atoms with E-state index in [1.807, 2.05) is 6.07 Å². The number of benzene rings is 3. The average Bonchev–Trinajstić information content (AvgIpc) is 2.91. The summed E-state index contributed by atoms with van der Waals surface area (Å²) >= 11 is 9.24. The highest BCUT2D eigenvalue weighted by molar-refractivity contribution is 9.10. The predicted molar refractivity (Wildman–Crippen MR) is 146 cm³/mol. The lowest BCUT2D eigenvalue weighted by Gasteiger charge is -2.14. The molecule has 0 radical (unpaired) electrons. The Labute approximate surface area is 232 Å². The van der Waals surface area contributed by atoms with Crippen molar-refractivity contribution in [3.63, 3.8) is 0 Å². The number of ether oxygens (including phenoxy) is 3. The number of hydrogen-bond acceptors (Lipinski definition) is 7. The number of hydrogen-bond donors (Lipinski definition) is 2. The fourth-order valence-electron chi connectivity index (χ4n) is 3.15. The van der Waals surface area contributed by atoms with Gasteiger partial charge < -0.3 is 24.8 Å². The number of nitriles is 1. The molecule has 38 heavy (non-hydrogen) atoms. The number of nitrogens with zero attached hydrogens (tertiary/aromatic N) is 1. The highest BCUT2D eigenvalue weighted by Gasteiger charge is 2.16. The Kier molecular flexibility index (Phi) is 9.87. The van der Waals surface area contributed by atoms with E-state index in [-0.39, 0.29) is 23.7 Å². The SMILES string of the molecule is COC(=O)c1ccc(NC(=O)/C(C#N)=C/c2cc(Br)c(OCC(=O)Nc3ccc(Cl)cc3)c(OC)c2)cc1. The lowest BCUT2D eigenvalue weighted by molar-refractivity contribution is -0.118. The number of methoxy groups -OCH3 is 2. The first-order valence-corrected chi connectivity index (χ1v) is 12.1. The van der Waals surface area contributed by atoms with Gasteiger partial charge in [0.25, 0.3) is 11.8 Å². The van der Waals surface area contributed by atoms with Crippen molar-refractivity contribution >= 4 is 62.8 Å². The van der Waals surface area contributed by atoms with Gasteiger partial charge in [0.15, 0.2) is 18.1 Å². The molecule has 0 atom stereocenters. The summed E-state index contributed by atoms with van der Waals surface area (Å²) < 4.78 is 16.1. The van der Waals surface area contributed by atoms with Crippen LogP contribution >= 0.6 is 27.5 Å². The molecule has 9 nitrogen and oxygen atoms in total. The van der Waals surface area contributed by atoms with Crippen LogP contribution in [0.5, 0.6) is 11.5 Å². The molecule has 3 rings (SSSR count). The second kappa shape index (κ2) is 13.3. The monoisotopic (exact) mass is 597 g/mol. The van der Waals surface area contributed by atoms with Gasteiger partial charge >= 0.3 is 5.97 Å². The van der Waals surface area contributed by atoms with Crippen LogP contribution in [0, 0.1) is 11.3 Å². The molecule has 0 unspecified atom stereocenters. The van der Waals surface area contributed by atoms with E-state index in [1.165, 1.54) is 44.6 Å². The van der Waals surface area contributed by atoms with Gasteiger partial charge in [0.05, 0.1) is 24.3 Å². The number of amides is 2. The summed E-state index contributed by atoms with van der Waals surface area (Å²) in [7, 11) is 2.69. The van der Waals surface area contributed by atoms with Crippen molar-refractivity contribution in [1.82, 2.24) is 0 Å². The van der Waals surface area contributed by atoms with Crippen LogP contribution in [0.4, 0.5) is 11.4 Å². The van der Waals surface area contributed by atoms with Gasteiger partial charge in [-0.3, -0.25) is 9.59 Å². The maximum atomic E-state index is 12.7. The molecule has 2 N–H and O–H groups in total. The van der Waals surface area contributed by atoms with Crippen LogP contribution in [-0.2, 0) is 14.3 Å². The Morgan fingerprint density at radius 3 is 2.24 bits per heavy atom. The number of carbonyl (C=O) groups excluding carboxylic acids is 3. The van der Waals surface area contributed by atoms with Crippen molar-refractivity contribution in [2.45, 2.75) is 0 Å². The van der Waals surface area contributed by atoms with E-state index in [1.54, 1.807) is 36.4 Å². The van der Waals surface area contributed by atoms with Gasteiger partial charge in [0.1, 0.15) is 11.6 Å². The molecule has 0 aliphatic rings. The Hall–Kier alpha value is -4.33. The zero-order valence-corrected chi connectivity index (χ0v) is 22.6. The average molecular weight is 599 g/mol. The topological polar surface area (TPSA) is 127 Å². The second-order valence-corrected chi connectivity index (χ2v) is 8.86. The summed E-state index contributed by atoms with van der Waals surface area (Å²) in [6, 6.07) is 17.7. The first-order chi connectivity index (χ1) is 18.2. The number of rotatable bonds is 9. The molecular weight excluding hydrogens is 578 g/mol. The lowest BCUT2D eigenvalue weighted by atomic mass is 10.1. The van der Waals surface area contributed by atoms with E-state index in [0.29, 0.717) is 32.0 Å². The van der Waals surface area contributed by atoms with Crippen LogP contribution in [0.3, 0.4) is 0 Å². The molecule has 3 aromatic carbocycles. The van der Waals surface area contributed by atoms with Gasteiger partial charge in [-0.15, -0.1) is 0 Å². The van der Waals surface area contributed by atoms with Crippen molar-refractivity contribution in [3.05, 3.63) is 86.9 Å². The minimum atomic E-state index is -0.646. The standard InChI is InChI=1S/C27H21BrClN3O6/c1-36-23-13-16(11-18(14-30)26(34)32-21-7-3-17(4-8-21)27(35)37-2)12-22(28)25(23)38-15-24(33)31-20-9-5-19(29)6-10-20/h3-13H,15H2,1-2H3,(H,31,33)(H,32,34)/b18-11+. The fraction of sp³-hybridized carbons (Fsp3) is 0.111. The molecule has 0 aliphatic heterocycles. The third kappa shape index (κ3) is 7.59. The molecule has 11 heteroatoms. The Balaban J connectivity index is 1.71. The zero-order chi connectivity index (χ0) is 27.7. The molecule has 0 heterocycles. The maximum Gasteiger partial charge on any atom is 0.337 e. The zero-order valence-electron chi connectivity index (χ0n) is 20.2. The molecule has 0 aliphatic carbocycles. The van der Waals surface area contributed by atoms with Crippen LogP contribution in [-0.4, -0.2) is 38.6 Å². The highest BCUT2D eigenvalue weighted by Crippen LogP contribution is 2.37. The predicted octanol–water partition coefficient (Wildman–Crippen LogP) is 5.46. The fourth-order valence-corrected chi connectivity index (χ4v) is 3.85. The molecule has 0 saturated heterocycles. The molecule has 0 bridgehead atoms. The minimum Gasteiger partial charge on any atom is -0.493 e. The van der Waals surface area contributed by atoms with Crippen LogP contribution in [0.1, 0.15) is 15.9 Å². The Bertz CT molecular complexity index is 1420. The van der Waals surface area contributed by atoms with E-state index < -0.39 is 17.8 Å². The quantitative estimate of drug-likeness (QED) is 0.190. The first-order valence-electron chi connectivity index (χ1n) is 10.9. The highest BCUT2D eigenvalue weighted by atomic mass is 79.9. The van der Waals surface area contributed by atoms with Crippen LogP contribution in [0.15, 0.2) is 70.7 Å². The molecule has 0 aromatic heterocycles. The van der Waals surface area contributed by atoms with Crippen LogP contribution in [0.25, 0.3) is 6.08 Å². The van der Waals surface area contributed by atoms with Gasteiger partial charge in [-0.1, -0.05) is 11.6 Å². The number of esters is 1. The summed E-state index contributed by atoms with van der Waals surface area (Å²) in [4.78, 5) is 36.5. The van der Waals surface area contributed by atoms with Crippen molar-refractivity contribution in [3.8, 4) is 17.6 Å². The summed E-state index contributed by atoms with van der Waals surface area (Å²) in [5.74, 6) is -0.999. The number of halogens is 2. The molecule has 0 spiro atoms. The molecule has 0 fully saturated rings. The summed E-state index contributed by atoms with van der Waals surface area (Å²) in [5.41, 5.74) is 1.58. The molecule has 194 valence electrons. The normalized spacial score (nSPS) is 10.7. The van der Waals surface area contributed by atoms with Crippen molar-refractivity contribution in [1.29, 1.82) is 5.26 Å². The third-order valence-electron chi connectivity index (χ3n) is 4.97. The van der Waals surface area contributed by atoms with Gasteiger partial charge in [-0.25, -0.2) is 4.79 Å². The molecule has 3 aromatic rings. The van der Waals surface area contributed by atoms with E-state index in [2.05, 4.69) is 31.3 Å². The van der Waals surface area contributed by atoms with E-state index in [9.17, 15) is 19.6 Å².